The molecule has 0 fully saturated rings. The molecular formula is C14H18N2O4S. The molecule has 21 heavy (non-hydrogen) atoms. The van der Waals surface area contributed by atoms with E-state index in [-0.39, 0.29) is 6.61 Å². The van der Waals surface area contributed by atoms with Crippen LogP contribution < -0.4 is 0 Å². The van der Waals surface area contributed by atoms with Gasteiger partial charge in [0.05, 0.1) is 17.5 Å². The fraction of sp³-hybridized carbons (Fsp3) is 0.429. The van der Waals surface area contributed by atoms with Gasteiger partial charge < -0.3 is 4.52 Å². The van der Waals surface area contributed by atoms with Crippen LogP contribution in [0.4, 0.5) is 0 Å². The van der Waals surface area contributed by atoms with Crippen LogP contribution in [0.15, 0.2) is 10.8 Å². The highest BCUT2D eigenvalue weighted by Gasteiger charge is 2.18. The zero-order chi connectivity index (χ0) is 15.8. The molecule has 2 aromatic heterocycles. The van der Waals surface area contributed by atoms with E-state index in [4.69, 9.17) is 8.71 Å². The minimum absolute atomic E-state index is 0.169. The maximum Gasteiger partial charge on any atom is 0.264 e. The van der Waals surface area contributed by atoms with Crippen molar-refractivity contribution in [2.75, 3.05) is 6.26 Å². The van der Waals surface area contributed by atoms with Crippen LogP contribution in [0.2, 0.25) is 0 Å². The first-order valence-electron chi connectivity index (χ1n) is 6.43. The minimum Gasteiger partial charge on any atom is -0.364 e. The Morgan fingerprint density at radius 2 is 1.81 bits per heavy atom. The van der Waals surface area contributed by atoms with Crippen LogP contribution in [-0.2, 0) is 20.9 Å². The molecule has 0 saturated carbocycles. The summed E-state index contributed by atoms with van der Waals surface area (Å²) in [6.07, 6.45) is 2.46. The van der Waals surface area contributed by atoms with Crippen LogP contribution in [0.25, 0.3) is 11.3 Å². The summed E-state index contributed by atoms with van der Waals surface area (Å²) in [5.74, 6) is 0. The van der Waals surface area contributed by atoms with Crippen molar-refractivity contribution in [1.29, 1.82) is 0 Å². The maximum absolute atomic E-state index is 11.1. The number of aromatic nitrogens is 2. The molecule has 2 rings (SSSR count). The average Bonchev–Trinajstić information content (AvgIpc) is 2.85. The van der Waals surface area contributed by atoms with Gasteiger partial charge in [-0.1, -0.05) is 5.16 Å². The fourth-order valence-corrected chi connectivity index (χ4v) is 2.37. The highest BCUT2D eigenvalue weighted by Crippen LogP contribution is 2.29. The molecule has 0 radical (unpaired) electrons. The minimum atomic E-state index is -3.53. The van der Waals surface area contributed by atoms with Crippen LogP contribution in [0.3, 0.4) is 0 Å². The van der Waals surface area contributed by atoms with Gasteiger partial charge in [-0.3, -0.25) is 9.17 Å². The SMILES string of the molecule is Cc1nc(-c2conc2COS(C)(=O)=O)c(C)c(C)c1C. The van der Waals surface area contributed by atoms with E-state index in [2.05, 4.69) is 10.1 Å². The Morgan fingerprint density at radius 3 is 2.43 bits per heavy atom. The Balaban J connectivity index is 2.47. The van der Waals surface area contributed by atoms with E-state index in [1.165, 1.54) is 6.26 Å². The number of aryl methyl sites for hydroxylation is 1. The molecule has 0 aliphatic carbocycles. The fourth-order valence-electron chi connectivity index (χ4n) is 2.05. The van der Waals surface area contributed by atoms with Gasteiger partial charge in [0.1, 0.15) is 18.6 Å². The van der Waals surface area contributed by atoms with E-state index in [1.54, 1.807) is 0 Å². The lowest BCUT2D eigenvalue weighted by molar-refractivity contribution is 0.295. The van der Waals surface area contributed by atoms with Gasteiger partial charge in [-0.15, -0.1) is 0 Å². The first-order chi connectivity index (χ1) is 9.70. The van der Waals surface area contributed by atoms with Crippen molar-refractivity contribution in [3.63, 3.8) is 0 Å². The molecule has 0 unspecified atom stereocenters. The zero-order valence-electron chi connectivity index (χ0n) is 12.7. The van der Waals surface area contributed by atoms with Gasteiger partial charge >= 0.3 is 0 Å². The van der Waals surface area contributed by atoms with Gasteiger partial charge in [-0.05, 0) is 44.4 Å². The summed E-state index contributed by atoms with van der Waals surface area (Å²) in [6, 6.07) is 0. The summed E-state index contributed by atoms with van der Waals surface area (Å²) in [6.45, 7) is 7.79. The van der Waals surface area contributed by atoms with Crippen molar-refractivity contribution in [2.24, 2.45) is 0 Å². The lowest BCUT2D eigenvalue weighted by atomic mass is 9.98. The Bertz CT molecular complexity index is 779. The Labute approximate surface area is 124 Å². The Kier molecular flexibility index (Phi) is 4.15. The van der Waals surface area contributed by atoms with E-state index in [0.29, 0.717) is 11.3 Å². The summed E-state index contributed by atoms with van der Waals surface area (Å²) in [7, 11) is -3.53. The quantitative estimate of drug-likeness (QED) is 0.807. The topological polar surface area (TPSA) is 82.3 Å². The van der Waals surface area contributed by atoms with Gasteiger partial charge in [0.2, 0.25) is 0 Å². The molecule has 0 spiro atoms. The molecule has 2 aromatic rings. The summed E-state index contributed by atoms with van der Waals surface area (Å²) in [4.78, 5) is 4.58. The molecule has 0 N–H and O–H groups in total. The molecule has 0 aromatic carbocycles. The summed E-state index contributed by atoms with van der Waals surface area (Å²) in [5, 5.41) is 3.81. The van der Waals surface area contributed by atoms with Crippen molar-refractivity contribution in [3.8, 4) is 11.3 Å². The number of hydrogen-bond donors (Lipinski definition) is 0. The first kappa shape index (κ1) is 15.7. The van der Waals surface area contributed by atoms with Crippen molar-refractivity contribution < 1.29 is 17.1 Å². The third kappa shape index (κ3) is 3.30. The number of rotatable bonds is 4. The lowest BCUT2D eigenvalue weighted by Gasteiger charge is -2.12. The van der Waals surface area contributed by atoms with Crippen LogP contribution in [-0.4, -0.2) is 24.8 Å². The van der Waals surface area contributed by atoms with Crippen LogP contribution in [0, 0.1) is 27.7 Å². The van der Waals surface area contributed by atoms with Gasteiger partial charge in [-0.2, -0.15) is 8.42 Å². The first-order valence-corrected chi connectivity index (χ1v) is 8.24. The van der Waals surface area contributed by atoms with E-state index < -0.39 is 10.1 Å². The molecular weight excluding hydrogens is 292 g/mol. The largest absolute Gasteiger partial charge is 0.364 e. The standard InChI is InChI=1S/C14H18N2O4S/c1-8-9(2)11(4)15-14(10(8)3)12-6-19-16-13(12)7-20-21(5,17)18/h6H,7H2,1-5H3. The van der Waals surface area contributed by atoms with Crippen molar-refractivity contribution in [2.45, 2.75) is 34.3 Å². The second-order valence-electron chi connectivity index (χ2n) is 5.06. The molecule has 114 valence electrons. The van der Waals surface area contributed by atoms with Crippen molar-refractivity contribution >= 4 is 10.1 Å². The van der Waals surface area contributed by atoms with Gasteiger partial charge in [0.25, 0.3) is 10.1 Å². The molecule has 6 nitrogen and oxygen atoms in total. The zero-order valence-corrected chi connectivity index (χ0v) is 13.5. The van der Waals surface area contributed by atoms with Gasteiger partial charge in [0.15, 0.2) is 0 Å². The third-order valence-electron chi connectivity index (χ3n) is 3.61. The number of pyridine rings is 1. The molecule has 0 atom stereocenters. The molecule has 7 heteroatoms. The van der Waals surface area contributed by atoms with E-state index in [0.717, 1.165) is 34.3 Å². The van der Waals surface area contributed by atoms with Crippen molar-refractivity contribution in [1.82, 2.24) is 10.1 Å². The average molecular weight is 310 g/mol. The monoisotopic (exact) mass is 310 g/mol. The van der Waals surface area contributed by atoms with Crippen LogP contribution in [0.5, 0.6) is 0 Å². The van der Waals surface area contributed by atoms with Crippen molar-refractivity contribution in [3.05, 3.63) is 34.3 Å². The summed E-state index contributed by atoms with van der Waals surface area (Å²) in [5.41, 5.74) is 6.03. The molecule has 0 bridgehead atoms. The highest BCUT2D eigenvalue weighted by atomic mass is 32.2. The van der Waals surface area contributed by atoms with Crippen LogP contribution in [0.1, 0.15) is 28.1 Å². The Hall–Kier alpha value is -1.73. The normalized spacial score (nSPS) is 11.9. The predicted octanol–water partition coefficient (Wildman–Crippen LogP) is 2.45. The second-order valence-corrected chi connectivity index (χ2v) is 6.71. The molecule has 0 amide bonds. The van der Waals surface area contributed by atoms with E-state index in [1.807, 2.05) is 27.7 Å². The van der Waals surface area contributed by atoms with E-state index in [9.17, 15) is 8.42 Å². The van der Waals surface area contributed by atoms with E-state index >= 15 is 0 Å². The maximum atomic E-state index is 11.1. The predicted molar refractivity (Wildman–Crippen MR) is 78.3 cm³/mol. The third-order valence-corrected chi connectivity index (χ3v) is 4.16. The summed E-state index contributed by atoms with van der Waals surface area (Å²) < 4.78 is 31.9. The molecule has 0 saturated heterocycles. The molecule has 0 aliphatic rings. The number of hydrogen-bond acceptors (Lipinski definition) is 6. The van der Waals surface area contributed by atoms with Crippen LogP contribution >= 0.6 is 0 Å². The molecule has 0 aliphatic heterocycles. The number of nitrogens with zero attached hydrogens (tertiary/aromatic N) is 2. The lowest BCUT2D eigenvalue weighted by Crippen LogP contribution is -2.05. The highest BCUT2D eigenvalue weighted by molar-refractivity contribution is 7.85. The Morgan fingerprint density at radius 1 is 1.14 bits per heavy atom. The second kappa shape index (κ2) is 5.57. The van der Waals surface area contributed by atoms with Gasteiger partial charge in [0, 0.05) is 5.69 Å². The van der Waals surface area contributed by atoms with Gasteiger partial charge in [-0.25, -0.2) is 0 Å². The smallest absolute Gasteiger partial charge is 0.264 e. The molecule has 2 heterocycles. The summed E-state index contributed by atoms with van der Waals surface area (Å²) >= 11 is 0.